The topological polar surface area (TPSA) is 43.9 Å². The number of aromatic nitrogens is 3. The van der Waals surface area contributed by atoms with Gasteiger partial charge in [0.2, 0.25) is 0 Å². The fraction of sp³-hybridized carbons (Fsp3) is 0. The number of benzene rings is 5. The number of oxazole rings is 1. The third-order valence-corrected chi connectivity index (χ3v) is 7.28. The Bertz CT molecular complexity index is 2130. The van der Waals surface area contributed by atoms with E-state index >= 15 is 0 Å². The van der Waals surface area contributed by atoms with Crippen molar-refractivity contribution in [2.75, 3.05) is 0 Å². The van der Waals surface area contributed by atoms with E-state index in [1.54, 1.807) is 0 Å². The Kier molecular flexibility index (Phi) is 6.34. The number of fused-ring (bicyclic) bond motifs is 4. The first-order valence-electron chi connectivity index (χ1n) is 13.2. The Morgan fingerprint density at radius 3 is 2.32 bits per heavy atom. The largest absolute Gasteiger partial charge is 2.00 e. The minimum atomic E-state index is 0. The zero-order valence-corrected chi connectivity index (χ0v) is 24.0. The molecule has 0 aliphatic rings. The molecule has 0 N–H and O–H groups in total. The van der Waals surface area contributed by atoms with Gasteiger partial charge in [-0.25, -0.2) is 0 Å². The van der Waals surface area contributed by atoms with Crippen molar-refractivity contribution >= 4 is 32.9 Å². The maximum Gasteiger partial charge on any atom is 2.00 e. The van der Waals surface area contributed by atoms with Gasteiger partial charge in [0.25, 0.3) is 0 Å². The molecule has 0 saturated heterocycles. The molecule has 0 aliphatic heterocycles. The summed E-state index contributed by atoms with van der Waals surface area (Å²) < 4.78 is 8.32. The Morgan fingerprint density at radius 2 is 1.46 bits per heavy atom. The van der Waals surface area contributed by atoms with Crippen molar-refractivity contribution in [1.82, 2.24) is 14.5 Å². The molecule has 196 valence electrons. The summed E-state index contributed by atoms with van der Waals surface area (Å²) in [5.41, 5.74) is 9.36. The first-order valence-corrected chi connectivity index (χ1v) is 13.2. The molecular formula is C36H21N3OPt. The van der Waals surface area contributed by atoms with Gasteiger partial charge in [-0.2, -0.15) is 0 Å². The first kappa shape index (κ1) is 25.2. The quantitative estimate of drug-likeness (QED) is 0.172. The van der Waals surface area contributed by atoms with Gasteiger partial charge in [0.05, 0.1) is 5.52 Å². The average molecular weight is 707 g/mol. The van der Waals surface area contributed by atoms with Crippen LogP contribution in [0.1, 0.15) is 0 Å². The summed E-state index contributed by atoms with van der Waals surface area (Å²) in [5, 5.41) is 2.26. The zero-order valence-electron chi connectivity index (χ0n) is 21.7. The molecule has 0 atom stereocenters. The van der Waals surface area contributed by atoms with Gasteiger partial charge in [0, 0.05) is 11.7 Å². The maximum absolute atomic E-state index is 6.10. The monoisotopic (exact) mass is 706 g/mol. The number of nitrogens with zero attached hydrogens (tertiary/aromatic N) is 3. The molecule has 0 bridgehead atoms. The molecule has 0 saturated carbocycles. The van der Waals surface area contributed by atoms with E-state index in [9.17, 15) is 0 Å². The molecular weight excluding hydrogens is 685 g/mol. The third-order valence-electron chi connectivity index (χ3n) is 7.28. The maximum atomic E-state index is 6.10. The Labute approximate surface area is 251 Å². The van der Waals surface area contributed by atoms with Gasteiger partial charge in [0.1, 0.15) is 11.5 Å². The van der Waals surface area contributed by atoms with Gasteiger partial charge in [-0.05, 0) is 46.5 Å². The second-order valence-corrected chi connectivity index (χ2v) is 9.69. The molecule has 0 radical (unpaired) electrons. The van der Waals surface area contributed by atoms with Gasteiger partial charge in [-0.15, -0.1) is 42.0 Å². The fourth-order valence-corrected chi connectivity index (χ4v) is 5.44. The minimum Gasteiger partial charge on any atom is -0.481 e. The number of rotatable bonds is 4. The third kappa shape index (κ3) is 4.28. The van der Waals surface area contributed by atoms with E-state index in [2.05, 4.69) is 88.4 Å². The smallest absolute Gasteiger partial charge is 0.481 e. The summed E-state index contributed by atoms with van der Waals surface area (Å²) >= 11 is 0. The van der Waals surface area contributed by atoms with Crippen LogP contribution in [0.5, 0.6) is 0 Å². The van der Waals surface area contributed by atoms with Gasteiger partial charge >= 0.3 is 21.1 Å². The van der Waals surface area contributed by atoms with Gasteiger partial charge < -0.3 is 14.0 Å². The normalized spacial score (nSPS) is 11.2. The van der Waals surface area contributed by atoms with E-state index in [1.807, 2.05) is 60.8 Å². The Balaban J connectivity index is 0.00000276. The molecule has 5 aromatic carbocycles. The zero-order chi connectivity index (χ0) is 26.5. The summed E-state index contributed by atoms with van der Waals surface area (Å²) in [7, 11) is 0. The number of hydrogen-bond acceptors (Lipinski definition) is 3. The van der Waals surface area contributed by atoms with Crippen molar-refractivity contribution in [3.63, 3.8) is 0 Å². The number of para-hydroxylation sites is 3. The number of pyridine rings is 1. The van der Waals surface area contributed by atoms with Crippen LogP contribution in [0.2, 0.25) is 0 Å². The van der Waals surface area contributed by atoms with Crippen LogP contribution in [0.25, 0.3) is 72.4 Å². The van der Waals surface area contributed by atoms with Gasteiger partial charge in [-0.1, -0.05) is 94.9 Å². The first-order chi connectivity index (χ1) is 19.8. The minimum absolute atomic E-state index is 0. The van der Waals surface area contributed by atoms with E-state index in [0.29, 0.717) is 5.89 Å². The van der Waals surface area contributed by atoms with Crippen LogP contribution >= 0.6 is 0 Å². The van der Waals surface area contributed by atoms with Crippen LogP contribution in [0, 0.1) is 12.1 Å². The molecule has 0 spiro atoms. The molecule has 8 rings (SSSR count). The molecule has 0 fully saturated rings. The summed E-state index contributed by atoms with van der Waals surface area (Å²) in [6.45, 7) is 0. The summed E-state index contributed by atoms with van der Waals surface area (Å²) in [6, 6.07) is 48.4. The van der Waals surface area contributed by atoms with E-state index in [0.717, 1.165) is 66.5 Å². The predicted octanol–water partition coefficient (Wildman–Crippen LogP) is 8.92. The molecule has 3 heterocycles. The molecule has 5 heteroatoms. The SMILES string of the molecule is [Pt+2].[c-]1c(-n2c3[c-]c(-c4nc5ccccc5o4)ccc3c3ccccc32)ccc(-c2ccccc2)c1-c1ccccn1. The van der Waals surface area contributed by atoms with E-state index in [4.69, 9.17) is 9.40 Å². The van der Waals surface area contributed by atoms with Crippen molar-refractivity contribution in [3.05, 3.63) is 140 Å². The summed E-state index contributed by atoms with van der Waals surface area (Å²) in [6.07, 6.45) is 1.82. The van der Waals surface area contributed by atoms with E-state index < -0.39 is 0 Å². The molecule has 0 unspecified atom stereocenters. The van der Waals surface area contributed by atoms with Crippen LogP contribution in [-0.4, -0.2) is 14.5 Å². The molecule has 41 heavy (non-hydrogen) atoms. The fourth-order valence-electron chi connectivity index (χ4n) is 5.44. The van der Waals surface area contributed by atoms with E-state index in [-0.39, 0.29) is 21.1 Å². The Morgan fingerprint density at radius 1 is 0.659 bits per heavy atom. The van der Waals surface area contributed by atoms with Crippen LogP contribution in [0.3, 0.4) is 0 Å². The Hall–Kier alpha value is -4.79. The van der Waals surface area contributed by atoms with Crippen LogP contribution in [0.4, 0.5) is 0 Å². The molecule has 4 nitrogen and oxygen atoms in total. The molecule has 0 aliphatic carbocycles. The standard InChI is InChI=1S/C36H21N3O.Pt/c1-2-10-24(11-3-1)27-20-18-26(23-30(27)31-13-8-9-21-37-31)39-33-15-6-4-12-28(33)29-19-17-25(22-34(29)39)36-38-32-14-5-7-16-35(32)40-36;/h1-21H;/q-2;+2. The molecule has 0 amide bonds. The van der Waals surface area contributed by atoms with Crippen molar-refractivity contribution < 1.29 is 25.5 Å². The van der Waals surface area contributed by atoms with Crippen molar-refractivity contribution in [1.29, 1.82) is 0 Å². The van der Waals surface area contributed by atoms with Crippen molar-refractivity contribution in [2.24, 2.45) is 0 Å². The van der Waals surface area contributed by atoms with Crippen molar-refractivity contribution in [3.8, 4) is 39.5 Å². The van der Waals surface area contributed by atoms with Gasteiger partial charge in [0.15, 0.2) is 0 Å². The predicted molar refractivity (Wildman–Crippen MR) is 160 cm³/mol. The van der Waals surface area contributed by atoms with E-state index in [1.165, 1.54) is 0 Å². The summed E-state index contributed by atoms with van der Waals surface area (Å²) in [5.74, 6) is 0.553. The van der Waals surface area contributed by atoms with Crippen LogP contribution in [0.15, 0.2) is 132 Å². The second-order valence-electron chi connectivity index (χ2n) is 9.69. The second kappa shape index (κ2) is 10.3. The number of hydrogen-bond donors (Lipinski definition) is 0. The average Bonchev–Trinajstić information content (AvgIpc) is 3.61. The van der Waals surface area contributed by atoms with Gasteiger partial charge in [-0.3, -0.25) is 4.98 Å². The molecule has 8 aromatic rings. The van der Waals surface area contributed by atoms with Crippen LogP contribution < -0.4 is 0 Å². The van der Waals surface area contributed by atoms with Crippen molar-refractivity contribution in [2.45, 2.75) is 0 Å². The summed E-state index contributed by atoms with van der Waals surface area (Å²) in [4.78, 5) is 9.41. The molecule has 3 aromatic heterocycles. The van der Waals surface area contributed by atoms with Crippen LogP contribution in [-0.2, 0) is 21.1 Å².